The van der Waals surface area contributed by atoms with Gasteiger partial charge in [-0.3, -0.25) is 19.5 Å². The lowest BCUT2D eigenvalue weighted by Crippen LogP contribution is -2.35. The number of ether oxygens (including phenoxy) is 1. The van der Waals surface area contributed by atoms with Crippen molar-refractivity contribution in [3.63, 3.8) is 0 Å². The van der Waals surface area contributed by atoms with Crippen molar-refractivity contribution in [1.82, 2.24) is 4.57 Å². The maximum atomic E-state index is 13.2. The fourth-order valence-electron chi connectivity index (χ4n) is 3.57. The summed E-state index contributed by atoms with van der Waals surface area (Å²) in [5.41, 5.74) is 1.71. The molecule has 1 aliphatic heterocycles. The van der Waals surface area contributed by atoms with E-state index in [0.29, 0.717) is 26.2 Å². The minimum Gasteiger partial charge on any atom is -0.463 e. The van der Waals surface area contributed by atoms with Gasteiger partial charge in [0.05, 0.1) is 21.6 Å². The van der Waals surface area contributed by atoms with Crippen molar-refractivity contribution in [1.29, 1.82) is 0 Å². The summed E-state index contributed by atoms with van der Waals surface area (Å²) in [6, 6.07) is 14.8. The van der Waals surface area contributed by atoms with Crippen LogP contribution in [0.4, 0.5) is 5.69 Å². The third kappa shape index (κ3) is 3.90. The zero-order chi connectivity index (χ0) is 22.8. The number of carbonyl (C=O) groups is 1. The second-order valence-corrected chi connectivity index (χ2v) is 8.06. The third-order valence-electron chi connectivity index (χ3n) is 5.03. The van der Waals surface area contributed by atoms with Gasteiger partial charge in [0, 0.05) is 17.8 Å². The summed E-state index contributed by atoms with van der Waals surface area (Å²) >= 11 is 1.17. The lowest BCUT2D eigenvalue weighted by molar-refractivity contribution is -0.384. The van der Waals surface area contributed by atoms with Gasteiger partial charge < -0.3 is 4.74 Å². The van der Waals surface area contributed by atoms with E-state index in [1.165, 1.54) is 28.0 Å². The molecule has 0 fully saturated rings. The van der Waals surface area contributed by atoms with Gasteiger partial charge in [-0.05, 0) is 31.1 Å². The standard InChI is InChI=1S/C23H19N3O5S/c1-3-31-22(28)19-14(2)25-21(27)18(13-15-8-7-11-17(12-15)26(29)30)32-23(25)24-20(19)16-9-5-4-6-10-16/h4-13,20H,3H2,1-2H3/b18-13+. The molecule has 0 spiro atoms. The van der Waals surface area contributed by atoms with E-state index >= 15 is 0 Å². The zero-order valence-electron chi connectivity index (χ0n) is 17.3. The summed E-state index contributed by atoms with van der Waals surface area (Å²) in [7, 11) is 0. The fraction of sp³-hybridized carbons (Fsp3) is 0.174. The number of thiazole rings is 1. The maximum Gasteiger partial charge on any atom is 0.338 e. The van der Waals surface area contributed by atoms with Crippen LogP contribution in [0.15, 0.2) is 70.0 Å². The van der Waals surface area contributed by atoms with E-state index in [1.807, 2.05) is 30.3 Å². The number of nitrogens with zero attached hydrogens (tertiary/aromatic N) is 3. The normalized spacial score (nSPS) is 15.8. The van der Waals surface area contributed by atoms with Crippen molar-refractivity contribution in [3.05, 3.63) is 101 Å². The molecule has 0 saturated carbocycles. The number of nitro groups is 1. The number of rotatable bonds is 5. The van der Waals surface area contributed by atoms with E-state index in [2.05, 4.69) is 0 Å². The number of benzene rings is 2. The fourth-order valence-corrected chi connectivity index (χ4v) is 4.61. The van der Waals surface area contributed by atoms with Crippen molar-refractivity contribution in [2.75, 3.05) is 6.61 Å². The van der Waals surface area contributed by atoms with Gasteiger partial charge in [-0.25, -0.2) is 9.79 Å². The molecule has 2 aromatic carbocycles. The summed E-state index contributed by atoms with van der Waals surface area (Å²) in [6.07, 6.45) is 1.59. The number of allylic oxidation sites excluding steroid dienone is 1. The monoisotopic (exact) mass is 449 g/mol. The number of nitro benzene ring substituents is 1. The van der Waals surface area contributed by atoms with Gasteiger partial charge in [0.1, 0.15) is 6.04 Å². The Bertz CT molecular complexity index is 1420. The molecule has 32 heavy (non-hydrogen) atoms. The van der Waals surface area contributed by atoms with E-state index in [-0.39, 0.29) is 17.9 Å². The molecule has 1 aliphatic rings. The molecule has 0 amide bonds. The average Bonchev–Trinajstić information content (AvgIpc) is 3.09. The van der Waals surface area contributed by atoms with E-state index in [9.17, 15) is 19.7 Å². The molecule has 162 valence electrons. The van der Waals surface area contributed by atoms with Crippen molar-refractivity contribution >= 4 is 34.8 Å². The molecule has 1 atom stereocenters. The summed E-state index contributed by atoms with van der Waals surface area (Å²) in [5.74, 6) is -0.518. The molecular weight excluding hydrogens is 430 g/mol. The van der Waals surface area contributed by atoms with Crippen LogP contribution in [0.2, 0.25) is 0 Å². The number of hydrogen-bond acceptors (Lipinski definition) is 7. The quantitative estimate of drug-likeness (QED) is 0.338. The molecule has 1 unspecified atom stereocenters. The van der Waals surface area contributed by atoms with Crippen LogP contribution in [0.5, 0.6) is 0 Å². The third-order valence-corrected chi connectivity index (χ3v) is 6.02. The molecule has 0 bridgehead atoms. The number of aromatic nitrogens is 1. The van der Waals surface area contributed by atoms with E-state index in [1.54, 1.807) is 32.1 Å². The van der Waals surface area contributed by atoms with Crippen molar-refractivity contribution in [2.45, 2.75) is 19.9 Å². The predicted octanol–water partition coefficient (Wildman–Crippen LogP) is 2.82. The lowest BCUT2D eigenvalue weighted by atomic mass is 9.97. The SMILES string of the molecule is CCOC(=O)C1=C(C)n2c(s/c(=C/c3cccc([N+](=O)[O-])c3)c2=O)=NC1c1ccccc1. The number of fused-ring (bicyclic) bond motifs is 1. The Morgan fingerprint density at radius 3 is 2.69 bits per heavy atom. The Hall–Kier alpha value is -3.85. The van der Waals surface area contributed by atoms with Gasteiger partial charge >= 0.3 is 5.97 Å². The van der Waals surface area contributed by atoms with Crippen LogP contribution in [0, 0.1) is 10.1 Å². The van der Waals surface area contributed by atoms with E-state index < -0.39 is 16.9 Å². The highest BCUT2D eigenvalue weighted by Crippen LogP contribution is 2.32. The molecule has 3 aromatic rings. The molecule has 0 aliphatic carbocycles. The summed E-state index contributed by atoms with van der Waals surface area (Å²) in [6.45, 7) is 3.62. The van der Waals surface area contributed by atoms with Gasteiger partial charge in [-0.15, -0.1) is 0 Å². The Morgan fingerprint density at radius 1 is 1.25 bits per heavy atom. The topological polar surface area (TPSA) is 104 Å². The van der Waals surface area contributed by atoms with Gasteiger partial charge in [0.2, 0.25) is 0 Å². The Balaban J connectivity index is 1.93. The summed E-state index contributed by atoms with van der Waals surface area (Å²) in [4.78, 5) is 41.7. The first kappa shape index (κ1) is 21.4. The molecule has 0 N–H and O–H groups in total. The zero-order valence-corrected chi connectivity index (χ0v) is 18.2. The van der Waals surface area contributed by atoms with Crippen molar-refractivity contribution in [3.8, 4) is 0 Å². The number of esters is 1. The first-order chi connectivity index (χ1) is 15.4. The van der Waals surface area contributed by atoms with Gasteiger partial charge in [-0.1, -0.05) is 53.8 Å². The Kier molecular flexibility index (Phi) is 5.83. The summed E-state index contributed by atoms with van der Waals surface area (Å²) in [5, 5.41) is 11.1. The molecule has 1 aromatic heterocycles. The maximum absolute atomic E-state index is 13.2. The molecular formula is C23H19N3O5S. The van der Waals surface area contributed by atoms with Crippen LogP contribution in [0.25, 0.3) is 11.8 Å². The van der Waals surface area contributed by atoms with Gasteiger partial charge in [0.25, 0.3) is 11.2 Å². The molecule has 4 rings (SSSR count). The van der Waals surface area contributed by atoms with Gasteiger partial charge in [0.15, 0.2) is 4.80 Å². The number of carbonyl (C=O) groups excluding carboxylic acids is 1. The molecule has 0 saturated heterocycles. The smallest absolute Gasteiger partial charge is 0.338 e. The van der Waals surface area contributed by atoms with Crippen LogP contribution >= 0.6 is 11.3 Å². The largest absolute Gasteiger partial charge is 0.463 e. The molecule has 9 heteroatoms. The van der Waals surface area contributed by atoms with Crippen LogP contribution in [0.1, 0.15) is 31.0 Å². The molecule has 8 nitrogen and oxygen atoms in total. The average molecular weight is 449 g/mol. The van der Waals surface area contributed by atoms with Crippen molar-refractivity contribution in [2.24, 2.45) is 4.99 Å². The highest BCUT2D eigenvalue weighted by atomic mass is 32.1. The minimum absolute atomic E-state index is 0.0605. The van der Waals surface area contributed by atoms with E-state index in [4.69, 9.17) is 9.73 Å². The highest BCUT2D eigenvalue weighted by molar-refractivity contribution is 7.07. The number of hydrogen-bond donors (Lipinski definition) is 0. The van der Waals surface area contributed by atoms with Crippen LogP contribution < -0.4 is 14.9 Å². The van der Waals surface area contributed by atoms with Crippen LogP contribution in [-0.2, 0) is 9.53 Å². The second kappa shape index (κ2) is 8.72. The second-order valence-electron chi connectivity index (χ2n) is 7.05. The first-order valence-electron chi connectivity index (χ1n) is 9.89. The van der Waals surface area contributed by atoms with Gasteiger partial charge in [-0.2, -0.15) is 0 Å². The first-order valence-corrected chi connectivity index (χ1v) is 10.7. The number of non-ortho nitro benzene ring substituents is 1. The lowest BCUT2D eigenvalue weighted by Gasteiger charge is -2.22. The Labute approximate surface area is 186 Å². The van der Waals surface area contributed by atoms with Crippen LogP contribution in [0.3, 0.4) is 0 Å². The van der Waals surface area contributed by atoms with E-state index in [0.717, 1.165) is 5.56 Å². The molecule has 2 heterocycles. The predicted molar refractivity (Wildman–Crippen MR) is 121 cm³/mol. The Morgan fingerprint density at radius 2 is 2.00 bits per heavy atom. The van der Waals surface area contributed by atoms with Crippen molar-refractivity contribution < 1.29 is 14.5 Å². The summed E-state index contributed by atoms with van der Waals surface area (Å²) < 4.78 is 7.02. The minimum atomic E-state index is -0.598. The highest BCUT2D eigenvalue weighted by Gasteiger charge is 2.31. The molecule has 0 radical (unpaired) electrons. The van der Waals surface area contributed by atoms with Crippen LogP contribution in [-0.4, -0.2) is 22.1 Å².